The summed E-state index contributed by atoms with van der Waals surface area (Å²) in [5.74, 6) is -1.19. The van der Waals surface area contributed by atoms with Gasteiger partial charge >= 0.3 is 6.18 Å². The fourth-order valence-corrected chi connectivity index (χ4v) is 6.67. The molecular formula is C28H26BrClF3N3O6S. The second-order valence-electron chi connectivity index (χ2n) is 9.46. The van der Waals surface area contributed by atoms with Crippen molar-refractivity contribution in [3.8, 4) is 5.75 Å². The average molecular weight is 705 g/mol. The molecular weight excluding hydrogens is 679 g/mol. The van der Waals surface area contributed by atoms with Crippen molar-refractivity contribution in [3.05, 3.63) is 86.8 Å². The van der Waals surface area contributed by atoms with Crippen LogP contribution in [0, 0.1) is 0 Å². The number of aliphatic hydroxyl groups is 1. The van der Waals surface area contributed by atoms with Gasteiger partial charge in [0.15, 0.2) is 0 Å². The van der Waals surface area contributed by atoms with Crippen LogP contribution < -0.4 is 19.7 Å². The maximum absolute atomic E-state index is 13.5. The number of hydrogen-bond acceptors (Lipinski definition) is 6. The van der Waals surface area contributed by atoms with Gasteiger partial charge in [-0.25, -0.2) is 8.42 Å². The molecule has 2 amide bonds. The van der Waals surface area contributed by atoms with Gasteiger partial charge < -0.3 is 20.5 Å². The van der Waals surface area contributed by atoms with E-state index in [1.165, 1.54) is 30.3 Å². The topological polar surface area (TPSA) is 125 Å². The minimum absolute atomic E-state index is 0.0102. The van der Waals surface area contributed by atoms with E-state index in [1.54, 1.807) is 12.1 Å². The molecule has 1 atom stereocenters. The number of nitrogens with one attached hydrogen (secondary N) is 2. The van der Waals surface area contributed by atoms with Gasteiger partial charge in [-0.05, 0) is 66.6 Å². The molecule has 3 aromatic rings. The Hall–Kier alpha value is -3.33. The summed E-state index contributed by atoms with van der Waals surface area (Å²) in [5.41, 5.74) is -1.10. The maximum atomic E-state index is 13.5. The molecule has 15 heteroatoms. The third-order valence-electron chi connectivity index (χ3n) is 6.48. The van der Waals surface area contributed by atoms with Gasteiger partial charge in [-0.1, -0.05) is 33.6 Å². The fourth-order valence-electron chi connectivity index (χ4n) is 4.37. The van der Waals surface area contributed by atoms with Crippen LogP contribution in [-0.2, 0) is 21.0 Å². The third-order valence-corrected chi connectivity index (χ3v) is 9.12. The normalized spacial score (nSPS) is 14.0. The van der Waals surface area contributed by atoms with E-state index in [1.807, 2.05) is 0 Å². The molecule has 0 bridgehead atoms. The Morgan fingerprint density at radius 1 is 1.12 bits per heavy atom. The van der Waals surface area contributed by atoms with Crippen molar-refractivity contribution in [2.24, 2.45) is 0 Å². The zero-order valence-corrected chi connectivity index (χ0v) is 25.5. The summed E-state index contributed by atoms with van der Waals surface area (Å²) >= 11 is 9.50. The Balaban J connectivity index is 1.67. The summed E-state index contributed by atoms with van der Waals surface area (Å²) in [6.07, 6.45) is -4.92. The highest BCUT2D eigenvalue weighted by atomic mass is 79.9. The summed E-state index contributed by atoms with van der Waals surface area (Å²) in [6, 6.07) is 11.5. The quantitative estimate of drug-likeness (QED) is 0.253. The molecule has 1 aliphatic heterocycles. The molecule has 43 heavy (non-hydrogen) atoms. The smallest absolute Gasteiger partial charge is 0.416 e. The lowest BCUT2D eigenvalue weighted by Gasteiger charge is -2.31. The van der Waals surface area contributed by atoms with Crippen LogP contribution in [0.1, 0.15) is 40.4 Å². The zero-order valence-electron chi connectivity index (χ0n) is 22.3. The van der Waals surface area contributed by atoms with Crippen molar-refractivity contribution < 1.29 is 41.0 Å². The largest absolute Gasteiger partial charge is 0.489 e. The fraction of sp³-hybridized carbons (Fsp3) is 0.286. The molecule has 1 aliphatic rings. The monoisotopic (exact) mass is 703 g/mol. The highest BCUT2D eigenvalue weighted by Gasteiger charge is 2.34. The van der Waals surface area contributed by atoms with E-state index in [0.29, 0.717) is 4.47 Å². The molecule has 0 saturated heterocycles. The second-order valence-corrected chi connectivity index (χ2v) is 12.6. The van der Waals surface area contributed by atoms with E-state index in [2.05, 4.69) is 26.6 Å². The van der Waals surface area contributed by atoms with Crippen LogP contribution in [0.3, 0.4) is 0 Å². The average Bonchev–Trinajstić information content (AvgIpc) is 2.96. The molecule has 0 fully saturated rings. The van der Waals surface area contributed by atoms with E-state index in [9.17, 15) is 31.2 Å². The van der Waals surface area contributed by atoms with Crippen molar-refractivity contribution >= 4 is 55.1 Å². The molecule has 230 valence electrons. The number of ether oxygens (including phenoxy) is 1. The second kappa shape index (κ2) is 13.5. The number of sulfonamides is 1. The number of anilines is 1. The summed E-state index contributed by atoms with van der Waals surface area (Å²) in [6.45, 7) is -0.0493. The number of fused-ring (bicyclic) bond motifs is 1. The van der Waals surface area contributed by atoms with Crippen molar-refractivity contribution in [1.82, 2.24) is 10.6 Å². The molecule has 0 aromatic heterocycles. The summed E-state index contributed by atoms with van der Waals surface area (Å²) in [4.78, 5) is 26.1. The Morgan fingerprint density at radius 3 is 2.58 bits per heavy atom. The van der Waals surface area contributed by atoms with Gasteiger partial charge in [0, 0.05) is 28.2 Å². The number of alkyl halides is 3. The lowest BCUT2D eigenvalue weighted by Crippen LogP contribution is -2.38. The number of nitrogens with zero attached hydrogens (tertiary/aromatic N) is 1. The lowest BCUT2D eigenvalue weighted by atomic mass is 9.99. The van der Waals surface area contributed by atoms with E-state index in [-0.39, 0.29) is 65.2 Å². The van der Waals surface area contributed by atoms with Gasteiger partial charge in [-0.3, -0.25) is 13.9 Å². The first-order valence-corrected chi connectivity index (χ1v) is 15.5. The first-order valence-electron chi connectivity index (χ1n) is 12.9. The van der Waals surface area contributed by atoms with Gasteiger partial charge in [0.2, 0.25) is 5.91 Å². The third kappa shape index (κ3) is 7.80. The van der Waals surface area contributed by atoms with E-state index >= 15 is 0 Å². The lowest BCUT2D eigenvalue weighted by molar-refractivity contribution is -0.137. The minimum atomic E-state index is -4.71. The van der Waals surface area contributed by atoms with Crippen LogP contribution in [0.5, 0.6) is 5.75 Å². The van der Waals surface area contributed by atoms with E-state index in [4.69, 9.17) is 21.4 Å². The Morgan fingerprint density at radius 2 is 1.88 bits per heavy atom. The minimum Gasteiger partial charge on any atom is -0.489 e. The number of carbonyl (C=O) groups excluding carboxylic acids is 2. The Labute approximate surface area is 259 Å². The first-order chi connectivity index (χ1) is 20.3. The van der Waals surface area contributed by atoms with Gasteiger partial charge in [0.05, 0.1) is 35.2 Å². The van der Waals surface area contributed by atoms with Crippen molar-refractivity contribution in [2.75, 3.05) is 30.6 Å². The van der Waals surface area contributed by atoms with Crippen LogP contribution >= 0.6 is 27.5 Å². The molecule has 1 heterocycles. The number of aliphatic hydroxyl groups excluding tert-OH is 1. The molecule has 0 spiro atoms. The van der Waals surface area contributed by atoms with Crippen LogP contribution in [0.25, 0.3) is 0 Å². The predicted molar refractivity (Wildman–Crippen MR) is 157 cm³/mol. The maximum Gasteiger partial charge on any atom is 0.416 e. The summed E-state index contributed by atoms with van der Waals surface area (Å²) < 4.78 is 74.8. The van der Waals surface area contributed by atoms with Crippen molar-refractivity contribution in [2.45, 2.75) is 30.0 Å². The van der Waals surface area contributed by atoms with Crippen molar-refractivity contribution in [1.29, 1.82) is 0 Å². The van der Waals surface area contributed by atoms with Crippen LogP contribution in [0.15, 0.2) is 70.0 Å². The molecule has 0 saturated carbocycles. The number of rotatable bonds is 10. The first kappa shape index (κ1) is 32.6. The van der Waals surface area contributed by atoms with Crippen molar-refractivity contribution in [3.63, 3.8) is 0 Å². The van der Waals surface area contributed by atoms with Crippen LogP contribution in [-0.4, -0.2) is 51.6 Å². The highest BCUT2D eigenvalue weighted by molar-refractivity contribution is 9.10. The number of amides is 2. The zero-order chi connectivity index (χ0) is 31.4. The molecule has 0 aliphatic carbocycles. The van der Waals surface area contributed by atoms with Crippen LogP contribution in [0.4, 0.5) is 18.9 Å². The summed E-state index contributed by atoms with van der Waals surface area (Å²) in [5, 5.41) is 14.0. The van der Waals surface area contributed by atoms with Gasteiger partial charge in [-0.15, -0.1) is 0 Å². The van der Waals surface area contributed by atoms with Gasteiger partial charge in [0.25, 0.3) is 15.9 Å². The summed E-state index contributed by atoms with van der Waals surface area (Å²) in [7, 11) is -4.06. The Kier molecular flexibility index (Phi) is 10.3. The predicted octanol–water partition coefficient (Wildman–Crippen LogP) is 5.07. The molecule has 4 rings (SSSR count). The number of hydrogen-bond donors (Lipinski definition) is 3. The molecule has 0 unspecified atom stereocenters. The van der Waals surface area contributed by atoms with Gasteiger partial charge in [0.1, 0.15) is 12.4 Å². The number of halogens is 5. The molecule has 3 N–H and O–H groups in total. The van der Waals surface area contributed by atoms with E-state index in [0.717, 1.165) is 22.5 Å². The van der Waals surface area contributed by atoms with Crippen LogP contribution in [0.2, 0.25) is 5.02 Å². The molecule has 0 radical (unpaired) electrons. The molecule has 9 nitrogen and oxygen atoms in total. The Bertz CT molecular complexity index is 1620. The highest BCUT2D eigenvalue weighted by Crippen LogP contribution is 2.38. The number of benzene rings is 3. The SMILES string of the molecule is O=C(C[C@H](NC(=O)c1ccc2c(c1)N(S(=O)(=O)c1cccc(Br)c1)CCO2)c1cc(C(F)(F)F)ccc1Cl)NCCCO. The number of carbonyl (C=O) groups is 2. The van der Waals surface area contributed by atoms with E-state index < -0.39 is 46.0 Å². The standard InChI is InChI=1S/C28H26BrClF3N3O6S/c29-19-3-1-4-20(15-19)43(40,41)36-10-12-42-25-8-5-17(13-24(25)36)27(39)35-23(16-26(38)34-9-2-11-37)21-14-18(28(31,32)33)6-7-22(21)30/h1,3-8,13-15,23,37H,2,9-12,16H2,(H,34,38)(H,35,39)/t23-/m0/s1. The molecule has 3 aromatic carbocycles. The van der Waals surface area contributed by atoms with Gasteiger partial charge in [-0.2, -0.15) is 13.2 Å².